The Bertz CT molecular complexity index is 251. The normalized spacial score (nSPS) is 13.1. The van der Waals surface area contributed by atoms with Gasteiger partial charge < -0.3 is 9.84 Å². The number of aliphatic imine (C=N–C) groups is 1. The van der Waals surface area contributed by atoms with Gasteiger partial charge in [-0.3, -0.25) is 9.79 Å². The molecule has 4 heteroatoms. The summed E-state index contributed by atoms with van der Waals surface area (Å²) < 4.78 is 5.09. The predicted molar refractivity (Wildman–Crippen MR) is 64.7 cm³/mol. The van der Waals surface area contributed by atoms with Crippen molar-refractivity contribution in [3.8, 4) is 0 Å². The molecule has 0 spiro atoms. The molecule has 0 aliphatic rings. The van der Waals surface area contributed by atoms with Crippen molar-refractivity contribution in [1.29, 1.82) is 0 Å². The van der Waals surface area contributed by atoms with Crippen LogP contribution in [-0.4, -0.2) is 36.0 Å². The highest BCUT2D eigenvalue weighted by Gasteiger charge is 2.16. The van der Waals surface area contributed by atoms with E-state index < -0.39 is 5.60 Å². The van der Waals surface area contributed by atoms with Crippen LogP contribution in [0, 0.1) is 5.41 Å². The van der Waals surface area contributed by atoms with Gasteiger partial charge in [0.15, 0.2) is 0 Å². The molecule has 1 N–H and O–H groups in total. The number of hydrogen-bond acceptors (Lipinski definition) is 4. The minimum Gasteiger partial charge on any atom is -0.459 e. The van der Waals surface area contributed by atoms with Crippen LogP contribution in [0.5, 0.6) is 0 Å². The van der Waals surface area contributed by atoms with Crippen molar-refractivity contribution in [2.75, 3.05) is 13.2 Å². The van der Waals surface area contributed by atoms with Crippen LogP contribution in [0.3, 0.4) is 0 Å². The highest BCUT2D eigenvalue weighted by Crippen LogP contribution is 2.16. The van der Waals surface area contributed by atoms with Crippen LogP contribution in [0.15, 0.2) is 4.99 Å². The number of carbonyl (C=O) groups is 1. The van der Waals surface area contributed by atoms with Gasteiger partial charge in [0.1, 0.15) is 12.1 Å². The van der Waals surface area contributed by atoms with E-state index in [1.165, 1.54) is 0 Å². The molecular formula is C12H23NO3. The number of esters is 1. The molecule has 0 saturated carbocycles. The summed E-state index contributed by atoms with van der Waals surface area (Å²) in [7, 11) is 0. The summed E-state index contributed by atoms with van der Waals surface area (Å²) in [5, 5.41) is 9.00. The Balaban J connectivity index is 3.89. The molecule has 94 valence electrons. The van der Waals surface area contributed by atoms with Crippen LogP contribution in [0.25, 0.3) is 0 Å². The van der Waals surface area contributed by atoms with E-state index >= 15 is 0 Å². The number of aliphatic hydroxyl groups is 1. The molecule has 0 aromatic carbocycles. The van der Waals surface area contributed by atoms with Crippen LogP contribution in [0.2, 0.25) is 0 Å². The summed E-state index contributed by atoms with van der Waals surface area (Å²) in [6.45, 7) is 9.49. The van der Waals surface area contributed by atoms with Gasteiger partial charge in [-0.25, -0.2) is 0 Å². The number of nitrogens with zero attached hydrogens (tertiary/aromatic N) is 1. The number of rotatable bonds is 5. The fourth-order valence-corrected chi connectivity index (χ4v) is 0.889. The third-order valence-corrected chi connectivity index (χ3v) is 1.84. The Morgan fingerprint density at radius 3 is 2.31 bits per heavy atom. The number of aliphatic hydroxyl groups excluding tert-OH is 1. The first-order chi connectivity index (χ1) is 7.16. The van der Waals surface area contributed by atoms with E-state index in [0.717, 1.165) is 0 Å². The Morgan fingerprint density at radius 2 is 1.88 bits per heavy atom. The van der Waals surface area contributed by atoms with Crippen molar-refractivity contribution < 1.29 is 14.6 Å². The molecule has 0 amide bonds. The highest BCUT2D eigenvalue weighted by molar-refractivity contribution is 5.74. The van der Waals surface area contributed by atoms with E-state index in [0.29, 0.717) is 6.42 Å². The number of carbonyl (C=O) groups excluding carboxylic acids is 1. The summed E-state index contributed by atoms with van der Waals surface area (Å²) in [5.41, 5.74) is -0.644. The van der Waals surface area contributed by atoms with E-state index in [-0.39, 0.29) is 24.5 Å². The SMILES string of the molecule is CC(C)(CO)CC=NCC(=O)OC(C)(C)C. The van der Waals surface area contributed by atoms with Gasteiger partial charge in [0, 0.05) is 12.8 Å². The molecule has 0 heterocycles. The average molecular weight is 229 g/mol. The quantitative estimate of drug-likeness (QED) is 0.577. The molecule has 0 aliphatic heterocycles. The zero-order valence-corrected chi connectivity index (χ0v) is 10.9. The molecule has 0 aromatic heterocycles. The van der Waals surface area contributed by atoms with Gasteiger partial charge >= 0.3 is 5.97 Å². The predicted octanol–water partition coefficient (Wildman–Crippen LogP) is 1.81. The zero-order valence-electron chi connectivity index (χ0n) is 10.9. The summed E-state index contributed by atoms with van der Waals surface area (Å²) in [4.78, 5) is 15.2. The largest absolute Gasteiger partial charge is 0.459 e. The maximum Gasteiger partial charge on any atom is 0.328 e. The highest BCUT2D eigenvalue weighted by atomic mass is 16.6. The molecule has 0 rings (SSSR count). The Kier molecular flexibility index (Phi) is 5.65. The first kappa shape index (κ1) is 15.1. The molecule has 16 heavy (non-hydrogen) atoms. The molecule has 4 nitrogen and oxygen atoms in total. The van der Waals surface area contributed by atoms with Gasteiger partial charge in [-0.2, -0.15) is 0 Å². The lowest BCUT2D eigenvalue weighted by molar-refractivity contribution is -0.152. The van der Waals surface area contributed by atoms with E-state index in [2.05, 4.69) is 4.99 Å². The molecule has 0 radical (unpaired) electrons. The minimum atomic E-state index is -0.461. The summed E-state index contributed by atoms with van der Waals surface area (Å²) in [6, 6.07) is 0. The van der Waals surface area contributed by atoms with E-state index in [4.69, 9.17) is 9.84 Å². The van der Waals surface area contributed by atoms with E-state index in [1.807, 2.05) is 34.6 Å². The second-order valence-electron chi connectivity index (χ2n) is 5.64. The first-order valence-electron chi connectivity index (χ1n) is 5.47. The molecular weight excluding hydrogens is 206 g/mol. The second-order valence-corrected chi connectivity index (χ2v) is 5.64. The summed E-state index contributed by atoms with van der Waals surface area (Å²) >= 11 is 0. The average Bonchev–Trinajstić information content (AvgIpc) is 2.10. The topological polar surface area (TPSA) is 58.9 Å². The maximum atomic E-state index is 11.3. The molecule has 0 fully saturated rings. The van der Waals surface area contributed by atoms with Crippen molar-refractivity contribution >= 4 is 12.2 Å². The summed E-state index contributed by atoms with van der Waals surface area (Å²) in [5.74, 6) is -0.328. The van der Waals surface area contributed by atoms with Crippen LogP contribution in [0.1, 0.15) is 41.0 Å². The van der Waals surface area contributed by atoms with Gasteiger partial charge in [0.25, 0.3) is 0 Å². The van der Waals surface area contributed by atoms with Gasteiger partial charge in [-0.05, 0) is 32.6 Å². The van der Waals surface area contributed by atoms with Crippen LogP contribution in [0.4, 0.5) is 0 Å². The molecule has 0 aliphatic carbocycles. The Morgan fingerprint density at radius 1 is 1.31 bits per heavy atom. The minimum absolute atomic E-state index is 0.0405. The first-order valence-corrected chi connectivity index (χ1v) is 5.47. The lowest BCUT2D eigenvalue weighted by Crippen LogP contribution is -2.25. The van der Waals surface area contributed by atoms with Crippen LogP contribution >= 0.6 is 0 Å². The molecule has 0 saturated heterocycles. The lowest BCUT2D eigenvalue weighted by atomic mass is 9.91. The Hall–Kier alpha value is -0.900. The third-order valence-electron chi connectivity index (χ3n) is 1.84. The van der Waals surface area contributed by atoms with Crippen molar-refractivity contribution in [1.82, 2.24) is 0 Å². The number of ether oxygens (including phenoxy) is 1. The lowest BCUT2D eigenvalue weighted by Gasteiger charge is -2.19. The van der Waals surface area contributed by atoms with Crippen LogP contribution in [-0.2, 0) is 9.53 Å². The van der Waals surface area contributed by atoms with Crippen molar-refractivity contribution in [3.63, 3.8) is 0 Å². The van der Waals surface area contributed by atoms with Gasteiger partial charge in [-0.15, -0.1) is 0 Å². The fourth-order valence-electron chi connectivity index (χ4n) is 0.889. The molecule has 0 aromatic rings. The zero-order chi connectivity index (χ0) is 12.8. The van der Waals surface area contributed by atoms with Crippen molar-refractivity contribution in [2.45, 2.75) is 46.6 Å². The molecule has 0 atom stereocenters. The smallest absolute Gasteiger partial charge is 0.328 e. The van der Waals surface area contributed by atoms with Crippen molar-refractivity contribution in [3.05, 3.63) is 0 Å². The van der Waals surface area contributed by atoms with Crippen LogP contribution < -0.4 is 0 Å². The van der Waals surface area contributed by atoms with Gasteiger partial charge in [-0.1, -0.05) is 13.8 Å². The van der Waals surface area contributed by atoms with E-state index in [1.54, 1.807) is 6.21 Å². The summed E-state index contributed by atoms with van der Waals surface area (Å²) in [6.07, 6.45) is 2.31. The van der Waals surface area contributed by atoms with Gasteiger partial charge in [0.2, 0.25) is 0 Å². The maximum absolute atomic E-state index is 11.3. The van der Waals surface area contributed by atoms with Gasteiger partial charge in [0.05, 0.1) is 0 Å². The second kappa shape index (κ2) is 5.99. The van der Waals surface area contributed by atoms with Crippen molar-refractivity contribution in [2.24, 2.45) is 10.4 Å². The molecule has 0 unspecified atom stereocenters. The Labute approximate surface area is 97.7 Å². The fraction of sp³-hybridized carbons (Fsp3) is 0.833. The molecule has 0 bridgehead atoms. The monoisotopic (exact) mass is 229 g/mol. The van der Waals surface area contributed by atoms with E-state index in [9.17, 15) is 4.79 Å². The number of hydrogen-bond donors (Lipinski definition) is 1. The third kappa shape index (κ3) is 8.41. The standard InChI is InChI=1S/C12H23NO3/c1-11(2,3)16-10(15)8-13-7-6-12(4,5)9-14/h7,14H,6,8-9H2,1-5H3.